The summed E-state index contributed by atoms with van der Waals surface area (Å²) in [6.07, 6.45) is 3.75. The summed E-state index contributed by atoms with van der Waals surface area (Å²) in [4.78, 5) is 22.4. The van der Waals surface area contributed by atoms with Gasteiger partial charge in [-0.15, -0.1) is 0 Å². The number of aliphatic hydroxyl groups is 1. The van der Waals surface area contributed by atoms with E-state index in [1.165, 1.54) is 0 Å². The van der Waals surface area contributed by atoms with Crippen LogP contribution in [0.5, 0.6) is 0 Å². The maximum absolute atomic E-state index is 13.0. The number of benzene rings is 2. The second-order valence-corrected chi connectivity index (χ2v) is 10.0. The first kappa shape index (κ1) is 24.7. The second-order valence-electron chi connectivity index (χ2n) is 10.0. The van der Waals surface area contributed by atoms with Crippen LogP contribution in [0.4, 0.5) is 0 Å². The number of nitrogens with one attached hydrogen (secondary N) is 1. The van der Waals surface area contributed by atoms with Crippen molar-refractivity contribution in [2.75, 3.05) is 13.2 Å². The van der Waals surface area contributed by atoms with Gasteiger partial charge in [-0.25, -0.2) is 4.98 Å². The topological polar surface area (TPSA) is 113 Å². The molecule has 5 aromatic rings. The molecule has 39 heavy (non-hydrogen) atoms. The average molecular weight is 518 g/mol. The second kappa shape index (κ2) is 9.95. The molecule has 0 radical (unpaired) electrons. The van der Waals surface area contributed by atoms with Crippen molar-refractivity contribution in [1.82, 2.24) is 19.9 Å². The van der Waals surface area contributed by atoms with Crippen LogP contribution in [-0.4, -0.2) is 38.8 Å². The predicted octanol–water partition coefficient (Wildman–Crippen LogP) is 4.49. The number of fused-ring (bicyclic) bond motifs is 3. The molecule has 1 aliphatic rings. The summed E-state index contributed by atoms with van der Waals surface area (Å²) in [5.41, 5.74) is 5.88. The van der Waals surface area contributed by atoms with E-state index in [-0.39, 0.29) is 19.1 Å². The van der Waals surface area contributed by atoms with E-state index in [2.05, 4.69) is 16.4 Å². The standard InChI is InChI=1S/C31H27N5O3/c1-31(18-32)19-39-17-22-6-5-20(13-26(22)31)30(38)34-16-23-14-28-21(15-33-23)7-8-27(35-28)24-3-2-4-29-25(24)9-10-36(29)11-12-37/h2-10,13-15,37H,11-12,16-17,19H2,1H3,(H,34,38)/t31-/m1/s1. The van der Waals surface area contributed by atoms with Crippen molar-refractivity contribution in [2.24, 2.45) is 0 Å². The highest BCUT2D eigenvalue weighted by molar-refractivity contribution is 5.96. The van der Waals surface area contributed by atoms with Crippen LogP contribution in [0.1, 0.15) is 34.1 Å². The third-order valence-electron chi connectivity index (χ3n) is 7.35. The predicted molar refractivity (Wildman–Crippen MR) is 148 cm³/mol. The molecule has 3 aromatic heterocycles. The molecule has 2 N–H and O–H groups in total. The van der Waals surface area contributed by atoms with Gasteiger partial charge in [-0.2, -0.15) is 5.26 Å². The van der Waals surface area contributed by atoms with Crippen LogP contribution in [0.25, 0.3) is 33.1 Å². The minimum absolute atomic E-state index is 0.0786. The third-order valence-corrected chi connectivity index (χ3v) is 7.35. The summed E-state index contributed by atoms with van der Waals surface area (Å²) < 4.78 is 7.59. The Labute approximate surface area is 225 Å². The molecule has 8 heteroatoms. The SMILES string of the molecule is C[C@@]1(C#N)COCc2ccc(C(=O)NCc3cc4nc(-c5cccc6c5ccn6CCO)ccc4cn3)cc21. The Kier molecular flexibility index (Phi) is 6.31. The quantitative estimate of drug-likeness (QED) is 0.343. The first-order valence-electron chi connectivity index (χ1n) is 12.8. The summed E-state index contributed by atoms with van der Waals surface area (Å²) >= 11 is 0. The first-order chi connectivity index (χ1) is 19.0. The lowest BCUT2D eigenvalue weighted by Gasteiger charge is -2.30. The normalized spacial score (nSPS) is 16.6. The molecule has 2 aromatic carbocycles. The Hall–Kier alpha value is -4.58. The molecule has 0 saturated heterocycles. The van der Waals surface area contributed by atoms with Gasteiger partial charge in [-0.05, 0) is 60.5 Å². The van der Waals surface area contributed by atoms with E-state index in [1.54, 1.807) is 18.3 Å². The van der Waals surface area contributed by atoms with Crippen molar-refractivity contribution in [1.29, 1.82) is 5.26 Å². The lowest BCUT2D eigenvalue weighted by Crippen LogP contribution is -2.33. The summed E-state index contributed by atoms with van der Waals surface area (Å²) in [5, 5.41) is 24.0. The maximum Gasteiger partial charge on any atom is 0.251 e. The first-order valence-corrected chi connectivity index (χ1v) is 12.8. The Bertz CT molecular complexity index is 1770. The number of carbonyl (C=O) groups is 1. The highest BCUT2D eigenvalue weighted by Crippen LogP contribution is 2.33. The zero-order valence-electron chi connectivity index (χ0n) is 21.5. The molecule has 4 heterocycles. The van der Waals surface area contributed by atoms with E-state index >= 15 is 0 Å². The molecule has 0 aliphatic carbocycles. The molecule has 0 bridgehead atoms. The summed E-state index contributed by atoms with van der Waals surface area (Å²) in [6, 6.07) is 21.8. The molecule has 0 fully saturated rings. The fourth-order valence-corrected chi connectivity index (χ4v) is 5.22. The van der Waals surface area contributed by atoms with Crippen LogP contribution in [-0.2, 0) is 29.8 Å². The molecule has 6 rings (SSSR count). The van der Waals surface area contributed by atoms with Crippen LogP contribution in [0.15, 0.2) is 73.1 Å². The van der Waals surface area contributed by atoms with Crippen LogP contribution in [0, 0.1) is 11.3 Å². The molecule has 1 aliphatic heterocycles. The largest absolute Gasteiger partial charge is 0.395 e. The van der Waals surface area contributed by atoms with Crippen LogP contribution < -0.4 is 5.32 Å². The molecule has 194 valence electrons. The molecule has 0 spiro atoms. The van der Waals surface area contributed by atoms with Gasteiger partial charge in [0.1, 0.15) is 5.41 Å². The lowest BCUT2D eigenvalue weighted by molar-refractivity contribution is 0.0757. The fourth-order valence-electron chi connectivity index (χ4n) is 5.22. The summed E-state index contributed by atoms with van der Waals surface area (Å²) in [7, 11) is 0. The van der Waals surface area contributed by atoms with Crippen molar-refractivity contribution in [3.8, 4) is 17.3 Å². The molecular weight excluding hydrogens is 490 g/mol. The lowest BCUT2D eigenvalue weighted by atomic mass is 9.79. The number of hydrogen-bond acceptors (Lipinski definition) is 6. The minimum Gasteiger partial charge on any atom is -0.395 e. The van der Waals surface area contributed by atoms with Crippen molar-refractivity contribution in [2.45, 2.75) is 32.0 Å². The van der Waals surface area contributed by atoms with Gasteiger partial charge in [0.05, 0.1) is 49.3 Å². The van der Waals surface area contributed by atoms with Gasteiger partial charge in [0.2, 0.25) is 0 Å². The number of nitriles is 1. The number of amides is 1. The van der Waals surface area contributed by atoms with E-state index in [0.717, 1.165) is 44.2 Å². The average Bonchev–Trinajstić information content (AvgIpc) is 3.38. The van der Waals surface area contributed by atoms with Gasteiger partial charge in [0.25, 0.3) is 5.91 Å². The Morgan fingerprint density at radius 1 is 1.21 bits per heavy atom. The highest BCUT2D eigenvalue weighted by atomic mass is 16.5. The summed E-state index contributed by atoms with van der Waals surface area (Å²) in [6.45, 7) is 3.44. The zero-order chi connectivity index (χ0) is 27.0. The van der Waals surface area contributed by atoms with Gasteiger partial charge in [-0.3, -0.25) is 9.78 Å². The van der Waals surface area contributed by atoms with E-state index in [1.807, 2.05) is 66.2 Å². The van der Waals surface area contributed by atoms with Gasteiger partial charge in [0, 0.05) is 46.4 Å². The van der Waals surface area contributed by atoms with E-state index in [4.69, 9.17) is 9.72 Å². The Morgan fingerprint density at radius 3 is 2.95 bits per heavy atom. The van der Waals surface area contributed by atoms with E-state index in [9.17, 15) is 15.2 Å². The smallest absolute Gasteiger partial charge is 0.251 e. The number of nitrogens with zero attached hydrogens (tertiary/aromatic N) is 4. The molecule has 0 unspecified atom stereocenters. The Balaban J connectivity index is 1.24. The summed E-state index contributed by atoms with van der Waals surface area (Å²) in [5.74, 6) is -0.229. The fraction of sp³-hybridized carbons (Fsp3) is 0.226. The zero-order valence-corrected chi connectivity index (χ0v) is 21.5. The molecular formula is C31H27N5O3. The number of aromatic nitrogens is 3. The number of ether oxygens (including phenoxy) is 1. The number of rotatable bonds is 6. The third kappa shape index (κ3) is 4.52. The van der Waals surface area contributed by atoms with E-state index in [0.29, 0.717) is 31.0 Å². The van der Waals surface area contributed by atoms with Crippen molar-refractivity contribution < 1.29 is 14.6 Å². The van der Waals surface area contributed by atoms with Gasteiger partial charge in [-0.1, -0.05) is 18.2 Å². The molecule has 0 saturated carbocycles. The van der Waals surface area contributed by atoms with Crippen LogP contribution in [0.3, 0.4) is 0 Å². The van der Waals surface area contributed by atoms with Gasteiger partial charge in [0.15, 0.2) is 0 Å². The number of aliphatic hydroxyl groups excluding tert-OH is 1. The van der Waals surface area contributed by atoms with Gasteiger partial charge < -0.3 is 19.7 Å². The molecule has 8 nitrogen and oxygen atoms in total. The minimum atomic E-state index is -0.779. The number of pyridine rings is 2. The Morgan fingerprint density at radius 2 is 2.10 bits per heavy atom. The van der Waals surface area contributed by atoms with E-state index < -0.39 is 5.41 Å². The number of carbonyl (C=O) groups excluding carboxylic acids is 1. The molecule has 1 amide bonds. The van der Waals surface area contributed by atoms with Crippen molar-refractivity contribution in [3.05, 3.63) is 95.4 Å². The molecule has 1 atom stereocenters. The number of hydrogen-bond donors (Lipinski definition) is 2. The highest BCUT2D eigenvalue weighted by Gasteiger charge is 2.33. The van der Waals surface area contributed by atoms with Crippen LogP contribution in [0.2, 0.25) is 0 Å². The van der Waals surface area contributed by atoms with Gasteiger partial charge >= 0.3 is 0 Å². The van der Waals surface area contributed by atoms with Crippen LogP contribution >= 0.6 is 0 Å². The van der Waals surface area contributed by atoms with Crippen molar-refractivity contribution in [3.63, 3.8) is 0 Å². The monoisotopic (exact) mass is 517 g/mol. The van der Waals surface area contributed by atoms with Crippen molar-refractivity contribution >= 4 is 27.7 Å². The maximum atomic E-state index is 13.0.